The molecule has 0 radical (unpaired) electrons. The number of aryl methyl sites for hydroxylation is 1. The number of nitrogens with zero attached hydrogens (tertiary/aromatic N) is 2. The van der Waals surface area contributed by atoms with Gasteiger partial charge in [0, 0.05) is 30.2 Å². The van der Waals surface area contributed by atoms with Crippen LogP contribution < -0.4 is 10.5 Å². The van der Waals surface area contributed by atoms with E-state index in [2.05, 4.69) is 5.10 Å². The smallest absolute Gasteiger partial charge is 0.129 e. The summed E-state index contributed by atoms with van der Waals surface area (Å²) in [5, 5.41) is 4.40. The molecule has 2 aromatic rings. The summed E-state index contributed by atoms with van der Waals surface area (Å²) in [7, 11) is 1.84. The summed E-state index contributed by atoms with van der Waals surface area (Å²) >= 11 is 1.91. The third-order valence-corrected chi connectivity index (χ3v) is 4.20. The molecule has 1 fully saturated rings. The summed E-state index contributed by atoms with van der Waals surface area (Å²) in [5.41, 5.74) is 7.68. The van der Waals surface area contributed by atoms with Crippen molar-refractivity contribution in [2.24, 2.45) is 7.05 Å². The van der Waals surface area contributed by atoms with Gasteiger partial charge in [0.05, 0.1) is 5.69 Å². The summed E-state index contributed by atoms with van der Waals surface area (Å²) < 4.78 is 7.65. The first-order chi connectivity index (χ1) is 8.74. The third-order valence-electron chi connectivity index (χ3n) is 2.98. The van der Waals surface area contributed by atoms with Crippen LogP contribution in [0.25, 0.3) is 11.3 Å². The summed E-state index contributed by atoms with van der Waals surface area (Å²) in [6.45, 7) is 0. The van der Waals surface area contributed by atoms with Gasteiger partial charge < -0.3 is 10.5 Å². The average Bonchev–Trinajstić information content (AvgIpc) is 2.65. The molecule has 0 spiro atoms. The number of para-hydroxylation sites is 1. The van der Waals surface area contributed by atoms with Gasteiger partial charge in [-0.3, -0.25) is 4.68 Å². The second-order valence-corrected chi connectivity index (χ2v) is 5.43. The maximum absolute atomic E-state index is 5.97. The van der Waals surface area contributed by atoms with Crippen molar-refractivity contribution in [1.29, 1.82) is 0 Å². The Morgan fingerprint density at radius 3 is 2.78 bits per heavy atom. The van der Waals surface area contributed by atoms with Crippen molar-refractivity contribution >= 4 is 17.6 Å². The van der Waals surface area contributed by atoms with Gasteiger partial charge in [0.25, 0.3) is 0 Å². The predicted octanol–water partition coefficient (Wildman–Crippen LogP) is 2.16. The molecule has 1 aliphatic heterocycles. The molecular weight excluding hydrogens is 246 g/mol. The lowest BCUT2D eigenvalue weighted by Gasteiger charge is -2.26. The summed E-state index contributed by atoms with van der Waals surface area (Å²) in [4.78, 5) is 0. The van der Waals surface area contributed by atoms with Crippen molar-refractivity contribution in [3.05, 3.63) is 30.3 Å². The molecule has 0 atom stereocenters. The lowest BCUT2D eigenvalue weighted by Crippen LogP contribution is -2.31. The quantitative estimate of drug-likeness (QED) is 0.920. The van der Waals surface area contributed by atoms with Gasteiger partial charge in [-0.2, -0.15) is 16.9 Å². The predicted molar refractivity (Wildman–Crippen MR) is 74.8 cm³/mol. The van der Waals surface area contributed by atoms with Gasteiger partial charge in [0.1, 0.15) is 17.7 Å². The van der Waals surface area contributed by atoms with Crippen molar-refractivity contribution in [2.75, 3.05) is 17.2 Å². The second-order valence-electron chi connectivity index (χ2n) is 4.35. The van der Waals surface area contributed by atoms with Crippen LogP contribution in [0.5, 0.6) is 5.75 Å². The molecule has 5 heteroatoms. The Hall–Kier alpha value is -1.62. The largest absolute Gasteiger partial charge is 0.488 e. The highest BCUT2D eigenvalue weighted by Crippen LogP contribution is 2.32. The van der Waals surface area contributed by atoms with E-state index in [-0.39, 0.29) is 0 Å². The van der Waals surface area contributed by atoms with E-state index in [1.165, 1.54) is 0 Å². The molecule has 0 bridgehead atoms. The molecule has 0 unspecified atom stereocenters. The molecular formula is C13H15N3OS. The first-order valence-electron chi connectivity index (χ1n) is 5.87. The minimum absolute atomic E-state index is 0.331. The standard InChI is InChI=1S/C13H15N3OS/c1-16-13(14)6-11(15-16)10-4-2-3-5-12(10)17-9-7-18-8-9/h2-6,9H,7-8,14H2,1H3. The molecule has 3 rings (SSSR count). The molecule has 4 nitrogen and oxygen atoms in total. The third kappa shape index (κ3) is 2.06. The molecule has 0 saturated carbocycles. The fourth-order valence-corrected chi connectivity index (χ4v) is 2.42. The summed E-state index contributed by atoms with van der Waals surface area (Å²) in [6.07, 6.45) is 0.331. The van der Waals surface area contributed by atoms with Crippen LogP contribution >= 0.6 is 11.8 Å². The van der Waals surface area contributed by atoms with Gasteiger partial charge >= 0.3 is 0 Å². The van der Waals surface area contributed by atoms with E-state index in [0.717, 1.165) is 28.5 Å². The van der Waals surface area contributed by atoms with E-state index >= 15 is 0 Å². The van der Waals surface area contributed by atoms with Gasteiger partial charge in [-0.25, -0.2) is 0 Å². The van der Waals surface area contributed by atoms with Crippen LogP contribution in [0.2, 0.25) is 0 Å². The molecule has 2 N–H and O–H groups in total. The maximum atomic E-state index is 5.97. The Kier molecular flexibility index (Phi) is 2.91. The zero-order valence-electron chi connectivity index (χ0n) is 10.2. The van der Waals surface area contributed by atoms with Gasteiger partial charge in [0.2, 0.25) is 0 Å². The average molecular weight is 261 g/mol. The number of anilines is 1. The van der Waals surface area contributed by atoms with E-state index in [1.54, 1.807) is 4.68 Å². The minimum atomic E-state index is 0.331. The minimum Gasteiger partial charge on any atom is -0.488 e. The molecule has 1 saturated heterocycles. The summed E-state index contributed by atoms with van der Waals surface area (Å²) in [5.74, 6) is 3.68. The van der Waals surface area contributed by atoms with Gasteiger partial charge in [-0.1, -0.05) is 12.1 Å². The molecule has 0 aliphatic carbocycles. The van der Waals surface area contributed by atoms with Crippen LogP contribution in [0.4, 0.5) is 5.82 Å². The Balaban J connectivity index is 1.94. The van der Waals surface area contributed by atoms with E-state index in [4.69, 9.17) is 10.5 Å². The van der Waals surface area contributed by atoms with E-state index < -0.39 is 0 Å². The maximum Gasteiger partial charge on any atom is 0.129 e. The monoisotopic (exact) mass is 261 g/mol. The lowest BCUT2D eigenvalue weighted by atomic mass is 10.1. The SMILES string of the molecule is Cn1nc(-c2ccccc2OC2CSC2)cc1N. The Bertz CT molecular complexity index is 544. The topological polar surface area (TPSA) is 53.1 Å². The van der Waals surface area contributed by atoms with Crippen LogP contribution in [0.1, 0.15) is 0 Å². The lowest BCUT2D eigenvalue weighted by molar-refractivity contribution is 0.241. The van der Waals surface area contributed by atoms with Crippen LogP contribution in [0, 0.1) is 0 Å². The number of nitrogen functional groups attached to an aromatic ring is 1. The van der Waals surface area contributed by atoms with Crippen LogP contribution in [0.15, 0.2) is 30.3 Å². The van der Waals surface area contributed by atoms with Crippen molar-refractivity contribution in [2.45, 2.75) is 6.10 Å². The first kappa shape index (κ1) is 11.5. The molecule has 94 valence electrons. The molecule has 1 aromatic heterocycles. The van der Waals surface area contributed by atoms with Crippen LogP contribution in [-0.2, 0) is 7.05 Å². The zero-order valence-corrected chi connectivity index (χ0v) is 11.0. The highest BCUT2D eigenvalue weighted by Gasteiger charge is 2.21. The van der Waals surface area contributed by atoms with Crippen molar-refractivity contribution in [3.8, 4) is 17.0 Å². The van der Waals surface area contributed by atoms with Gasteiger partial charge in [-0.05, 0) is 12.1 Å². The zero-order chi connectivity index (χ0) is 12.5. The molecule has 18 heavy (non-hydrogen) atoms. The van der Waals surface area contributed by atoms with Crippen molar-refractivity contribution in [3.63, 3.8) is 0 Å². The van der Waals surface area contributed by atoms with E-state index in [1.807, 2.05) is 49.1 Å². The van der Waals surface area contributed by atoms with Crippen LogP contribution in [0.3, 0.4) is 0 Å². The number of hydrogen-bond acceptors (Lipinski definition) is 4. The second kappa shape index (κ2) is 4.57. The fourth-order valence-electron chi connectivity index (χ4n) is 1.86. The summed E-state index contributed by atoms with van der Waals surface area (Å²) in [6, 6.07) is 9.85. The number of rotatable bonds is 3. The van der Waals surface area contributed by atoms with Crippen molar-refractivity contribution in [1.82, 2.24) is 9.78 Å². The van der Waals surface area contributed by atoms with Gasteiger partial charge in [-0.15, -0.1) is 0 Å². The van der Waals surface area contributed by atoms with Crippen LogP contribution in [-0.4, -0.2) is 27.4 Å². The number of benzene rings is 1. The Morgan fingerprint density at radius 2 is 2.17 bits per heavy atom. The van der Waals surface area contributed by atoms with Crippen molar-refractivity contribution < 1.29 is 4.74 Å². The molecule has 2 heterocycles. The number of aromatic nitrogens is 2. The first-order valence-corrected chi connectivity index (χ1v) is 7.03. The Morgan fingerprint density at radius 1 is 1.39 bits per heavy atom. The number of thioether (sulfide) groups is 1. The fraction of sp³-hybridized carbons (Fsp3) is 0.308. The van der Waals surface area contributed by atoms with E-state index in [9.17, 15) is 0 Å². The molecule has 1 aromatic carbocycles. The van der Waals surface area contributed by atoms with Gasteiger partial charge in [0.15, 0.2) is 0 Å². The molecule has 1 aliphatic rings. The molecule has 0 amide bonds. The highest BCUT2D eigenvalue weighted by atomic mass is 32.2. The Labute approximate surface area is 110 Å². The number of ether oxygens (including phenoxy) is 1. The number of nitrogens with two attached hydrogens (primary N) is 1. The van der Waals surface area contributed by atoms with E-state index in [0.29, 0.717) is 11.9 Å². The normalized spacial score (nSPS) is 15.4. The highest BCUT2D eigenvalue weighted by molar-refractivity contribution is 8.00. The number of hydrogen-bond donors (Lipinski definition) is 1.